The highest BCUT2D eigenvalue weighted by Gasteiger charge is 2.12. The highest BCUT2D eigenvalue weighted by Crippen LogP contribution is 2.20. The number of benzene rings is 2. The molecule has 0 spiro atoms. The zero-order valence-corrected chi connectivity index (χ0v) is 14.2. The second-order valence-electron chi connectivity index (χ2n) is 5.03. The summed E-state index contributed by atoms with van der Waals surface area (Å²) in [5, 5.41) is 13.0. The highest BCUT2D eigenvalue weighted by atomic mass is 32.2. The second-order valence-corrected chi connectivity index (χ2v) is 6.80. The zero-order chi connectivity index (χ0) is 16.2. The molecular formula is C17H16N2O2S2. The fraction of sp³-hybridized carbons (Fsp3) is 0.176. The number of rotatable bonds is 5. The molecule has 2 N–H and O–H groups in total. The van der Waals surface area contributed by atoms with E-state index in [1.54, 1.807) is 23.3 Å². The van der Waals surface area contributed by atoms with Crippen molar-refractivity contribution in [2.45, 2.75) is 11.0 Å². The van der Waals surface area contributed by atoms with Crippen molar-refractivity contribution in [3.63, 3.8) is 0 Å². The average molecular weight is 344 g/mol. The summed E-state index contributed by atoms with van der Waals surface area (Å²) >= 11 is 3.15. The molecule has 1 aromatic heterocycles. The quantitative estimate of drug-likeness (QED) is 0.696. The Balaban J connectivity index is 1.63. The van der Waals surface area contributed by atoms with Gasteiger partial charge in [-0.1, -0.05) is 12.1 Å². The number of aromatic nitrogens is 1. The number of amides is 1. The van der Waals surface area contributed by atoms with Crippen molar-refractivity contribution in [2.75, 3.05) is 12.8 Å². The van der Waals surface area contributed by atoms with Crippen LogP contribution in [0.2, 0.25) is 0 Å². The van der Waals surface area contributed by atoms with Crippen molar-refractivity contribution >= 4 is 39.2 Å². The van der Waals surface area contributed by atoms with Crippen LogP contribution in [0.15, 0.2) is 52.9 Å². The van der Waals surface area contributed by atoms with E-state index < -0.39 is 6.10 Å². The van der Waals surface area contributed by atoms with Crippen molar-refractivity contribution in [3.8, 4) is 0 Å². The third-order valence-electron chi connectivity index (χ3n) is 3.55. The number of aliphatic hydroxyl groups excluding tert-OH is 1. The van der Waals surface area contributed by atoms with Gasteiger partial charge in [0.25, 0.3) is 5.91 Å². The molecule has 0 bridgehead atoms. The molecular weight excluding hydrogens is 328 g/mol. The first-order valence-electron chi connectivity index (χ1n) is 7.11. The molecule has 0 fully saturated rings. The number of nitrogens with zero attached hydrogens (tertiary/aromatic N) is 1. The van der Waals surface area contributed by atoms with Crippen LogP contribution in [0.1, 0.15) is 22.0 Å². The number of fused-ring (bicyclic) bond motifs is 1. The molecule has 3 aromatic rings. The molecule has 118 valence electrons. The first-order chi connectivity index (χ1) is 11.2. The molecule has 1 amide bonds. The Hall–Kier alpha value is -1.89. The number of carbonyl (C=O) groups excluding carboxylic acids is 1. The molecule has 0 radical (unpaired) electrons. The van der Waals surface area contributed by atoms with E-state index in [1.165, 1.54) is 11.3 Å². The largest absolute Gasteiger partial charge is 0.387 e. The van der Waals surface area contributed by atoms with E-state index >= 15 is 0 Å². The van der Waals surface area contributed by atoms with Gasteiger partial charge < -0.3 is 10.4 Å². The van der Waals surface area contributed by atoms with Gasteiger partial charge in [0, 0.05) is 17.0 Å². The predicted molar refractivity (Wildman–Crippen MR) is 95.1 cm³/mol. The van der Waals surface area contributed by atoms with Crippen LogP contribution in [-0.4, -0.2) is 28.8 Å². The lowest BCUT2D eigenvalue weighted by molar-refractivity contribution is 0.0916. The summed E-state index contributed by atoms with van der Waals surface area (Å²) in [6.07, 6.45) is 1.29. The van der Waals surface area contributed by atoms with E-state index in [0.29, 0.717) is 5.56 Å². The third kappa shape index (κ3) is 3.72. The monoisotopic (exact) mass is 344 g/mol. The maximum absolute atomic E-state index is 12.2. The van der Waals surface area contributed by atoms with Crippen LogP contribution in [0.3, 0.4) is 0 Å². The van der Waals surface area contributed by atoms with Gasteiger partial charge in [0.05, 0.1) is 21.8 Å². The normalized spacial score (nSPS) is 12.3. The number of hydrogen-bond acceptors (Lipinski definition) is 5. The molecule has 1 atom stereocenters. The van der Waals surface area contributed by atoms with Gasteiger partial charge in [0.2, 0.25) is 0 Å². The second kappa shape index (κ2) is 7.12. The highest BCUT2D eigenvalue weighted by molar-refractivity contribution is 7.98. The van der Waals surface area contributed by atoms with E-state index in [1.807, 2.05) is 42.7 Å². The molecule has 4 nitrogen and oxygen atoms in total. The summed E-state index contributed by atoms with van der Waals surface area (Å²) in [5.74, 6) is -0.194. The lowest BCUT2D eigenvalue weighted by Gasteiger charge is -2.13. The van der Waals surface area contributed by atoms with E-state index in [4.69, 9.17) is 0 Å². The van der Waals surface area contributed by atoms with Crippen LogP contribution in [0.25, 0.3) is 10.2 Å². The number of aliphatic hydroxyl groups is 1. The van der Waals surface area contributed by atoms with Crippen LogP contribution in [0.4, 0.5) is 0 Å². The molecule has 6 heteroatoms. The van der Waals surface area contributed by atoms with E-state index in [0.717, 1.165) is 20.7 Å². The SMILES string of the molecule is CSc1ccc([C@@H](O)CNC(=O)c2ccc3ncsc3c2)cc1. The van der Waals surface area contributed by atoms with Gasteiger partial charge in [-0.25, -0.2) is 4.98 Å². The molecule has 0 saturated heterocycles. The number of thiazole rings is 1. The Morgan fingerprint density at radius 3 is 2.83 bits per heavy atom. The Bertz CT molecular complexity index is 815. The molecule has 3 rings (SSSR count). The summed E-state index contributed by atoms with van der Waals surface area (Å²) in [6, 6.07) is 13.1. The third-order valence-corrected chi connectivity index (χ3v) is 5.09. The summed E-state index contributed by atoms with van der Waals surface area (Å²) in [5.41, 5.74) is 4.02. The van der Waals surface area contributed by atoms with Gasteiger partial charge in [-0.3, -0.25) is 4.79 Å². The lowest BCUT2D eigenvalue weighted by atomic mass is 10.1. The van der Waals surface area contributed by atoms with Gasteiger partial charge >= 0.3 is 0 Å². The van der Waals surface area contributed by atoms with E-state index in [-0.39, 0.29) is 12.5 Å². The van der Waals surface area contributed by atoms with Crippen molar-refractivity contribution in [3.05, 3.63) is 59.1 Å². The van der Waals surface area contributed by atoms with Gasteiger partial charge in [-0.2, -0.15) is 0 Å². The minimum absolute atomic E-state index is 0.179. The van der Waals surface area contributed by atoms with Gasteiger partial charge in [0.1, 0.15) is 0 Å². The fourth-order valence-electron chi connectivity index (χ4n) is 2.23. The smallest absolute Gasteiger partial charge is 0.251 e. The summed E-state index contributed by atoms with van der Waals surface area (Å²) in [6.45, 7) is 0.179. The van der Waals surface area contributed by atoms with Gasteiger partial charge in [-0.15, -0.1) is 23.1 Å². The Kier molecular flexibility index (Phi) is 4.95. The average Bonchev–Trinajstić information content (AvgIpc) is 3.07. The molecule has 0 unspecified atom stereocenters. The first kappa shape index (κ1) is 16.0. The minimum Gasteiger partial charge on any atom is -0.387 e. The van der Waals surface area contributed by atoms with E-state index in [2.05, 4.69) is 10.3 Å². The maximum Gasteiger partial charge on any atom is 0.251 e. The molecule has 2 aromatic carbocycles. The lowest BCUT2D eigenvalue weighted by Crippen LogP contribution is -2.28. The summed E-state index contributed by atoms with van der Waals surface area (Å²) < 4.78 is 0.978. The van der Waals surface area contributed by atoms with Crippen LogP contribution in [0, 0.1) is 0 Å². The van der Waals surface area contributed by atoms with Crippen LogP contribution in [-0.2, 0) is 0 Å². The number of carbonyl (C=O) groups is 1. The topological polar surface area (TPSA) is 62.2 Å². The van der Waals surface area contributed by atoms with Crippen LogP contribution in [0.5, 0.6) is 0 Å². The Morgan fingerprint density at radius 2 is 2.09 bits per heavy atom. The molecule has 0 saturated carbocycles. The van der Waals surface area contributed by atoms with Gasteiger partial charge in [-0.05, 0) is 42.2 Å². The van der Waals surface area contributed by atoms with Crippen molar-refractivity contribution in [1.82, 2.24) is 10.3 Å². The Labute approximate surface area is 142 Å². The fourth-order valence-corrected chi connectivity index (χ4v) is 3.36. The predicted octanol–water partition coefficient (Wildman–Crippen LogP) is 3.48. The van der Waals surface area contributed by atoms with Crippen molar-refractivity contribution < 1.29 is 9.90 Å². The standard InChI is InChI=1S/C17H16N2O2S2/c1-22-13-5-2-11(3-6-13)15(20)9-18-17(21)12-4-7-14-16(8-12)23-10-19-14/h2-8,10,15,20H,9H2,1H3,(H,18,21)/t15-/m0/s1. The Morgan fingerprint density at radius 1 is 1.30 bits per heavy atom. The number of thioether (sulfide) groups is 1. The van der Waals surface area contributed by atoms with Crippen LogP contribution >= 0.6 is 23.1 Å². The van der Waals surface area contributed by atoms with E-state index in [9.17, 15) is 9.90 Å². The summed E-state index contributed by atoms with van der Waals surface area (Å²) in [7, 11) is 0. The summed E-state index contributed by atoms with van der Waals surface area (Å²) in [4.78, 5) is 17.5. The minimum atomic E-state index is -0.720. The number of hydrogen-bond donors (Lipinski definition) is 2. The maximum atomic E-state index is 12.2. The molecule has 23 heavy (non-hydrogen) atoms. The van der Waals surface area contributed by atoms with Crippen LogP contribution < -0.4 is 5.32 Å². The zero-order valence-electron chi connectivity index (χ0n) is 12.5. The first-order valence-corrected chi connectivity index (χ1v) is 9.21. The molecule has 0 aliphatic rings. The van der Waals surface area contributed by atoms with Crippen molar-refractivity contribution in [2.24, 2.45) is 0 Å². The van der Waals surface area contributed by atoms with Crippen molar-refractivity contribution in [1.29, 1.82) is 0 Å². The number of nitrogens with one attached hydrogen (secondary N) is 1. The molecule has 0 aliphatic carbocycles. The molecule has 0 aliphatic heterocycles. The van der Waals surface area contributed by atoms with Gasteiger partial charge in [0.15, 0.2) is 0 Å². The molecule has 1 heterocycles.